The summed E-state index contributed by atoms with van der Waals surface area (Å²) in [4.78, 5) is 14.2. The highest BCUT2D eigenvalue weighted by molar-refractivity contribution is 5.82. The SMILES string of the molecule is O=C1NCC2C1CCCN2C1CCCCCC1O. The maximum absolute atomic E-state index is 11.8. The lowest BCUT2D eigenvalue weighted by Crippen LogP contribution is -2.54. The molecule has 0 spiro atoms. The van der Waals surface area contributed by atoms with Crippen LogP contribution in [0.15, 0.2) is 0 Å². The van der Waals surface area contributed by atoms with Crippen molar-refractivity contribution >= 4 is 5.91 Å². The summed E-state index contributed by atoms with van der Waals surface area (Å²) in [5.74, 6) is 0.405. The first-order valence-electron chi connectivity index (χ1n) is 7.49. The molecule has 4 atom stereocenters. The van der Waals surface area contributed by atoms with E-state index in [9.17, 15) is 9.90 Å². The number of nitrogens with zero attached hydrogens (tertiary/aromatic N) is 1. The fourth-order valence-electron chi connectivity index (χ4n) is 4.05. The van der Waals surface area contributed by atoms with Crippen LogP contribution >= 0.6 is 0 Å². The van der Waals surface area contributed by atoms with E-state index in [1.54, 1.807) is 0 Å². The number of fused-ring (bicyclic) bond motifs is 1. The number of amides is 1. The molecule has 102 valence electrons. The second-order valence-electron chi connectivity index (χ2n) is 6.07. The van der Waals surface area contributed by atoms with Crippen LogP contribution in [0.4, 0.5) is 0 Å². The van der Waals surface area contributed by atoms with Gasteiger partial charge in [-0.1, -0.05) is 19.3 Å². The Kier molecular flexibility index (Phi) is 3.57. The van der Waals surface area contributed by atoms with Crippen molar-refractivity contribution in [2.45, 2.75) is 63.1 Å². The van der Waals surface area contributed by atoms with Gasteiger partial charge in [0.15, 0.2) is 0 Å². The highest BCUT2D eigenvalue weighted by Gasteiger charge is 2.44. The van der Waals surface area contributed by atoms with Gasteiger partial charge in [0.05, 0.1) is 12.0 Å². The summed E-state index contributed by atoms with van der Waals surface area (Å²) in [6.45, 7) is 1.84. The molecule has 0 radical (unpaired) electrons. The summed E-state index contributed by atoms with van der Waals surface area (Å²) in [7, 11) is 0. The molecule has 3 fully saturated rings. The number of carbonyl (C=O) groups excluding carboxylic acids is 1. The zero-order valence-electron chi connectivity index (χ0n) is 11.0. The smallest absolute Gasteiger partial charge is 0.224 e. The van der Waals surface area contributed by atoms with Gasteiger partial charge in [-0.2, -0.15) is 0 Å². The minimum absolute atomic E-state index is 0.175. The molecule has 4 heteroatoms. The molecule has 3 rings (SSSR count). The second kappa shape index (κ2) is 5.17. The lowest BCUT2D eigenvalue weighted by Gasteiger charge is -2.42. The van der Waals surface area contributed by atoms with Gasteiger partial charge < -0.3 is 10.4 Å². The molecule has 1 saturated carbocycles. The maximum atomic E-state index is 11.8. The van der Waals surface area contributed by atoms with E-state index in [0.29, 0.717) is 6.04 Å². The van der Waals surface area contributed by atoms with Crippen molar-refractivity contribution in [3.8, 4) is 0 Å². The monoisotopic (exact) mass is 252 g/mol. The zero-order chi connectivity index (χ0) is 12.5. The molecule has 1 aliphatic carbocycles. The first-order valence-corrected chi connectivity index (χ1v) is 7.49. The Morgan fingerprint density at radius 2 is 1.89 bits per heavy atom. The molecular weight excluding hydrogens is 228 g/mol. The van der Waals surface area contributed by atoms with E-state index >= 15 is 0 Å². The summed E-state index contributed by atoms with van der Waals surface area (Å²) in [5, 5.41) is 13.3. The van der Waals surface area contributed by atoms with Crippen LogP contribution in [0.3, 0.4) is 0 Å². The van der Waals surface area contributed by atoms with Crippen LogP contribution in [0.5, 0.6) is 0 Å². The van der Waals surface area contributed by atoms with Crippen molar-refractivity contribution in [1.29, 1.82) is 0 Å². The Labute approximate surface area is 109 Å². The highest BCUT2D eigenvalue weighted by atomic mass is 16.3. The van der Waals surface area contributed by atoms with E-state index in [0.717, 1.165) is 45.2 Å². The lowest BCUT2D eigenvalue weighted by molar-refractivity contribution is -0.124. The van der Waals surface area contributed by atoms with Crippen molar-refractivity contribution in [3.63, 3.8) is 0 Å². The zero-order valence-corrected chi connectivity index (χ0v) is 11.0. The fourth-order valence-corrected chi connectivity index (χ4v) is 4.05. The number of carbonyl (C=O) groups is 1. The minimum atomic E-state index is -0.193. The van der Waals surface area contributed by atoms with Crippen LogP contribution in [0.1, 0.15) is 44.9 Å². The summed E-state index contributed by atoms with van der Waals surface area (Å²) >= 11 is 0. The number of likely N-dealkylation sites (tertiary alicyclic amines) is 1. The van der Waals surface area contributed by atoms with Crippen molar-refractivity contribution in [1.82, 2.24) is 10.2 Å². The number of nitrogens with one attached hydrogen (secondary N) is 1. The van der Waals surface area contributed by atoms with Crippen LogP contribution in [-0.2, 0) is 4.79 Å². The average molecular weight is 252 g/mol. The van der Waals surface area contributed by atoms with E-state index in [1.807, 2.05) is 0 Å². The Morgan fingerprint density at radius 3 is 2.78 bits per heavy atom. The van der Waals surface area contributed by atoms with E-state index in [2.05, 4.69) is 10.2 Å². The lowest BCUT2D eigenvalue weighted by atomic mass is 9.88. The maximum Gasteiger partial charge on any atom is 0.224 e. The van der Waals surface area contributed by atoms with Gasteiger partial charge in [0.25, 0.3) is 0 Å². The molecule has 4 unspecified atom stereocenters. The quantitative estimate of drug-likeness (QED) is 0.682. The van der Waals surface area contributed by atoms with Crippen LogP contribution in [-0.4, -0.2) is 47.2 Å². The standard InChI is InChI=1S/C14H24N2O2/c17-13-7-3-1-2-6-11(13)16-8-4-5-10-12(16)9-15-14(10)18/h10-13,17H,1-9H2,(H,15,18). The fraction of sp³-hybridized carbons (Fsp3) is 0.929. The van der Waals surface area contributed by atoms with Gasteiger partial charge in [-0.3, -0.25) is 9.69 Å². The summed E-state index contributed by atoms with van der Waals surface area (Å²) in [6, 6.07) is 0.622. The molecule has 2 aliphatic heterocycles. The largest absolute Gasteiger partial charge is 0.391 e. The van der Waals surface area contributed by atoms with Gasteiger partial charge in [-0.05, 0) is 32.2 Å². The van der Waals surface area contributed by atoms with Crippen molar-refractivity contribution in [3.05, 3.63) is 0 Å². The van der Waals surface area contributed by atoms with E-state index in [1.165, 1.54) is 12.8 Å². The number of rotatable bonds is 1. The molecule has 0 aromatic carbocycles. The van der Waals surface area contributed by atoms with E-state index in [-0.39, 0.29) is 24.0 Å². The molecule has 2 N–H and O–H groups in total. The van der Waals surface area contributed by atoms with Gasteiger partial charge in [0.1, 0.15) is 0 Å². The van der Waals surface area contributed by atoms with Gasteiger partial charge in [0, 0.05) is 18.6 Å². The van der Waals surface area contributed by atoms with Crippen molar-refractivity contribution in [2.24, 2.45) is 5.92 Å². The Hall–Kier alpha value is -0.610. The number of aliphatic hydroxyl groups excluding tert-OH is 1. The van der Waals surface area contributed by atoms with Crippen LogP contribution < -0.4 is 5.32 Å². The van der Waals surface area contributed by atoms with Crippen LogP contribution in [0.2, 0.25) is 0 Å². The molecule has 18 heavy (non-hydrogen) atoms. The van der Waals surface area contributed by atoms with Gasteiger partial charge in [0.2, 0.25) is 5.91 Å². The van der Waals surface area contributed by atoms with E-state index < -0.39 is 0 Å². The molecule has 4 nitrogen and oxygen atoms in total. The summed E-state index contributed by atoms with van der Waals surface area (Å²) in [6.07, 6.45) is 7.56. The molecule has 0 aromatic heterocycles. The molecule has 1 amide bonds. The molecule has 2 saturated heterocycles. The Balaban J connectivity index is 1.75. The first kappa shape index (κ1) is 12.4. The van der Waals surface area contributed by atoms with Crippen LogP contribution in [0, 0.1) is 5.92 Å². The number of piperidine rings is 1. The minimum Gasteiger partial charge on any atom is -0.391 e. The van der Waals surface area contributed by atoms with Crippen molar-refractivity contribution in [2.75, 3.05) is 13.1 Å². The number of hydrogen-bond acceptors (Lipinski definition) is 3. The highest BCUT2D eigenvalue weighted by Crippen LogP contribution is 2.33. The first-order chi connectivity index (χ1) is 8.77. The molecular formula is C14H24N2O2. The van der Waals surface area contributed by atoms with Crippen molar-refractivity contribution < 1.29 is 9.90 Å². The Morgan fingerprint density at radius 1 is 1.06 bits per heavy atom. The molecule has 0 bridgehead atoms. The summed E-state index contributed by atoms with van der Waals surface area (Å²) in [5.41, 5.74) is 0. The van der Waals surface area contributed by atoms with E-state index in [4.69, 9.17) is 0 Å². The normalized spacial score (nSPS) is 42.2. The molecule has 0 aromatic rings. The van der Waals surface area contributed by atoms with Gasteiger partial charge >= 0.3 is 0 Å². The Bertz CT molecular complexity index is 321. The third-order valence-electron chi connectivity index (χ3n) is 5.01. The second-order valence-corrected chi connectivity index (χ2v) is 6.07. The molecule has 2 heterocycles. The third-order valence-corrected chi connectivity index (χ3v) is 5.01. The van der Waals surface area contributed by atoms with Gasteiger partial charge in [-0.15, -0.1) is 0 Å². The number of aliphatic hydroxyl groups is 1. The predicted octanol–water partition coefficient (Wildman–Crippen LogP) is 0.890. The molecule has 3 aliphatic rings. The predicted molar refractivity (Wildman–Crippen MR) is 69.1 cm³/mol. The number of hydrogen-bond donors (Lipinski definition) is 2. The average Bonchev–Trinajstić information content (AvgIpc) is 2.63. The summed E-state index contributed by atoms with van der Waals surface area (Å²) < 4.78 is 0. The topological polar surface area (TPSA) is 52.6 Å². The van der Waals surface area contributed by atoms with Crippen LogP contribution in [0.25, 0.3) is 0 Å². The van der Waals surface area contributed by atoms with Gasteiger partial charge in [-0.25, -0.2) is 0 Å². The third kappa shape index (κ3) is 2.16.